The highest BCUT2D eigenvalue weighted by atomic mass is 15.1. The van der Waals surface area contributed by atoms with Crippen molar-refractivity contribution in [3.05, 3.63) is 223 Å². The van der Waals surface area contributed by atoms with E-state index in [2.05, 4.69) is 231 Å². The van der Waals surface area contributed by atoms with E-state index in [1.54, 1.807) is 0 Å². The summed E-state index contributed by atoms with van der Waals surface area (Å²) in [5.74, 6) is 0. The van der Waals surface area contributed by atoms with Gasteiger partial charge in [0.2, 0.25) is 0 Å². The van der Waals surface area contributed by atoms with E-state index in [1.165, 1.54) is 83.2 Å². The summed E-state index contributed by atoms with van der Waals surface area (Å²) in [5.41, 5.74) is 18.3. The summed E-state index contributed by atoms with van der Waals surface area (Å²) < 4.78 is 0. The Morgan fingerprint density at radius 1 is 0.321 bits per heavy atom. The minimum atomic E-state index is -0.112. The smallest absolute Gasteiger partial charge is 0.0543 e. The summed E-state index contributed by atoms with van der Waals surface area (Å²) in [6.45, 7) is 4.71. The van der Waals surface area contributed by atoms with E-state index in [9.17, 15) is 0 Å². The molecule has 1 heteroatoms. The van der Waals surface area contributed by atoms with Crippen molar-refractivity contribution in [2.24, 2.45) is 0 Å². The molecule has 0 heterocycles. The fraction of sp³-hybridized carbons (Fsp3) is 0.0545. The molecule has 0 saturated heterocycles. The van der Waals surface area contributed by atoms with E-state index in [0.717, 1.165) is 11.4 Å². The Balaban J connectivity index is 1.11. The van der Waals surface area contributed by atoms with Crippen LogP contribution in [0.25, 0.3) is 66.4 Å². The summed E-state index contributed by atoms with van der Waals surface area (Å²) in [6.07, 6.45) is 0. The molecule has 0 aliphatic heterocycles. The van der Waals surface area contributed by atoms with Crippen LogP contribution in [0.15, 0.2) is 212 Å². The second-order valence-corrected chi connectivity index (χ2v) is 15.4. The maximum atomic E-state index is 2.47. The van der Waals surface area contributed by atoms with Crippen LogP contribution in [0.1, 0.15) is 25.0 Å². The van der Waals surface area contributed by atoms with Gasteiger partial charge in [-0.25, -0.2) is 0 Å². The monoisotopic (exact) mass is 715 g/mol. The van der Waals surface area contributed by atoms with Gasteiger partial charge in [0.15, 0.2) is 0 Å². The van der Waals surface area contributed by atoms with E-state index < -0.39 is 0 Å². The fourth-order valence-corrected chi connectivity index (χ4v) is 8.81. The highest BCUT2D eigenvalue weighted by Crippen LogP contribution is 2.54. The van der Waals surface area contributed by atoms with Crippen molar-refractivity contribution in [1.82, 2.24) is 0 Å². The van der Waals surface area contributed by atoms with Crippen LogP contribution in [0.4, 0.5) is 17.1 Å². The molecule has 0 fully saturated rings. The molecule has 0 unspecified atom stereocenters. The van der Waals surface area contributed by atoms with Gasteiger partial charge in [-0.15, -0.1) is 0 Å². The highest BCUT2D eigenvalue weighted by Gasteiger charge is 2.37. The largest absolute Gasteiger partial charge is 0.310 e. The predicted molar refractivity (Wildman–Crippen MR) is 238 cm³/mol. The van der Waals surface area contributed by atoms with Crippen molar-refractivity contribution in [3.8, 4) is 55.6 Å². The summed E-state index contributed by atoms with van der Waals surface area (Å²) in [7, 11) is 0. The van der Waals surface area contributed by atoms with Crippen LogP contribution in [0.5, 0.6) is 0 Å². The number of rotatable bonds is 7. The van der Waals surface area contributed by atoms with Crippen LogP contribution in [0.3, 0.4) is 0 Å². The van der Waals surface area contributed by atoms with Crippen LogP contribution in [-0.4, -0.2) is 0 Å². The second kappa shape index (κ2) is 13.7. The lowest BCUT2D eigenvalue weighted by atomic mass is 9.82. The fourth-order valence-electron chi connectivity index (χ4n) is 8.81. The molecule has 0 atom stereocenters. The lowest BCUT2D eigenvalue weighted by molar-refractivity contribution is 0.660. The first kappa shape index (κ1) is 33.6. The molecule has 0 aromatic heterocycles. The second-order valence-electron chi connectivity index (χ2n) is 15.4. The SMILES string of the molecule is CC1(C)c2ccccc2-c2c(N(c3cccc(-c4ccc(-c5ccc6ccccc6c5)cc4)c3)c3cccc(-c4ccccc4-c4ccccc4)c3)cccc21. The molecule has 9 aromatic rings. The molecule has 0 saturated carbocycles. The summed E-state index contributed by atoms with van der Waals surface area (Å²) >= 11 is 0. The van der Waals surface area contributed by atoms with Crippen molar-refractivity contribution in [2.75, 3.05) is 4.90 Å². The van der Waals surface area contributed by atoms with Crippen molar-refractivity contribution in [2.45, 2.75) is 19.3 Å². The average molecular weight is 716 g/mol. The van der Waals surface area contributed by atoms with E-state index in [4.69, 9.17) is 0 Å². The van der Waals surface area contributed by atoms with Gasteiger partial charge in [-0.05, 0) is 108 Å². The molecule has 0 amide bonds. The number of nitrogens with zero attached hydrogens (tertiary/aromatic N) is 1. The van der Waals surface area contributed by atoms with Crippen LogP contribution in [-0.2, 0) is 5.41 Å². The Morgan fingerprint density at radius 2 is 0.821 bits per heavy atom. The Hall–Kier alpha value is -6.96. The van der Waals surface area contributed by atoms with Crippen molar-refractivity contribution < 1.29 is 0 Å². The molecule has 0 bridgehead atoms. The zero-order valence-corrected chi connectivity index (χ0v) is 31.7. The third-order valence-electron chi connectivity index (χ3n) is 11.7. The molecule has 56 heavy (non-hydrogen) atoms. The lowest BCUT2D eigenvalue weighted by Crippen LogP contribution is -2.16. The summed E-state index contributed by atoms with van der Waals surface area (Å²) in [5, 5.41) is 2.52. The van der Waals surface area contributed by atoms with E-state index in [0.29, 0.717) is 0 Å². The first-order chi connectivity index (χ1) is 27.5. The first-order valence-corrected chi connectivity index (χ1v) is 19.5. The van der Waals surface area contributed by atoms with Crippen molar-refractivity contribution in [1.29, 1.82) is 0 Å². The van der Waals surface area contributed by atoms with E-state index in [1.807, 2.05) is 0 Å². The van der Waals surface area contributed by atoms with E-state index >= 15 is 0 Å². The minimum Gasteiger partial charge on any atom is -0.310 e. The maximum absolute atomic E-state index is 2.47. The molecular weight excluding hydrogens is 675 g/mol. The molecule has 0 N–H and O–H groups in total. The van der Waals surface area contributed by atoms with Gasteiger partial charge in [0.05, 0.1) is 5.69 Å². The number of fused-ring (bicyclic) bond motifs is 4. The van der Waals surface area contributed by atoms with Gasteiger partial charge in [-0.3, -0.25) is 0 Å². The first-order valence-electron chi connectivity index (χ1n) is 19.5. The molecule has 0 spiro atoms. The predicted octanol–water partition coefficient (Wildman–Crippen LogP) is 15.3. The number of hydrogen-bond donors (Lipinski definition) is 0. The Morgan fingerprint density at radius 3 is 1.55 bits per heavy atom. The maximum Gasteiger partial charge on any atom is 0.0543 e. The van der Waals surface area contributed by atoms with Crippen molar-refractivity contribution >= 4 is 27.8 Å². The van der Waals surface area contributed by atoms with Gasteiger partial charge in [0, 0.05) is 22.4 Å². The number of hydrogen-bond acceptors (Lipinski definition) is 1. The third kappa shape index (κ3) is 5.81. The average Bonchev–Trinajstić information content (AvgIpc) is 3.50. The van der Waals surface area contributed by atoms with Gasteiger partial charge >= 0.3 is 0 Å². The zero-order chi connectivity index (χ0) is 37.6. The van der Waals surface area contributed by atoms with Gasteiger partial charge < -0.3 is 4.90 Å². The topological polar surface area (TPSA) is 3.24 Å². The van der Waals surface area contributed by atoms with E-state index in [-0.39, 0.29) is 5.41 Å². The Kier molecular flexibility index (Phi) is 8.23. The quantitative estimate of drug-likeness (QED) is 0.159. The minimum absolute atomic E-state index is 0.112. The molecule has 1 aliphatic carbocycles. The van der Waals surface area contributed by atoms with Gasteiger partial charge in [0.1, 0.15) is 0 Å². The van der Waals surface area contributed by atoms with Gasteiger partial charge in [0.25, 0.3) is 0 Å². The van der Waals surface area contributed by atoms with Gasteiger partial charge in [-0.1, -0.05) is 190 Å². The standard InChI is InChI=1S/C55H41N/c1-55(2)51-26-11-10-25-50(51)54-52(55)27-14-28-53(54)56(47-22-13-20-45(37-47)49-24-9-8-23-48(49)41-16-4-3-5-17-41)46-21-12-19-43(36-46)39-29-31-40(32-30-39)44-34-33-38-15-6-7-18-42(38)35-44/h3-37H,1-2H3. The van der Waals surface area contributed by atoms with Crippen LogP contribution < -0.4 is 4.90 Å². The number of benzene rings is 9. The molecule has 266 valence electrons. The third-order valence-corrected chi connectivity index (χ3v) is 11.7. The molecule has 1 aliphatic rings. The molecule has 1 nitrogen and oxygen atoms in total. The summed E-state index contributed by atoms with van der Waals surface area (Å²) in [6, 6.07) is 77.6. The zero-order valence-electron chi connectivity index (χ0n) is 31.7. The molecule has 9 aromatic carbocycles. The highest BCUT2D eigenvalue weighted by molar-refractivity contribution is 5.96. The van der Waals surface area contributed by atoms with Crippen LogP contribution in [0.2, 0.25) is 0 Å². The van der Waals surface area contributed by atoms with Crippen molar-refractivity contribution in [3.63, 3.8) is 0 Å². The summed E-state index contributed by atoms with van der Waals surface area (Å²) in [4.78, 5) is 2.47. The van der Waals surface area contributed by atoms with Crippen LogP contribution in [0, 0.1) is 0 Å². The lowest BCUT2D eigenvalue weighted by Gasteiger charge is -2.29. The van der Waals surface area contributed by atoms with Gasteiger partial charge in [-0.2, -0.15) is 0 Å². The normalized spacial score (nSPS) is 12.6. The molecule has 10 rings (SSSR count). The Bertz CT molecular complexity index is 2880. The Labute approximate surface area is 329 Å². The molecule has 0 radical (unpaired) electrons. The number of anilines is 3. The molecular formula is C55H41N. The van der Waals surface area contributed by atoms with Crippen LogP contribution >= 0.6 is 0 Å².